The van der Waals surface area contributed by atoms with Crippen molar-refractivity contribution >= 4 is 11.3 Å². The summed E-state index contributed by atoms with van der Waals surface area (Å²) < 4.78 is 2.08. The minimum atomic E-state index is 0.546. The van der Waals surface area contributed by atoms with Crippen LogP contribution in [0.4, 0.5) is 5.69 Å². The predicted octanol–water partition coefficient (Wildman–Crippen LogP) is 3.78. The Labute approximate surface area is 120 Å². The molecule has 1 aliphatic carbocycles. The van der Waals surface area contributed by atoms with Crippen LogP contribution in [0.2, 0.25) is 0 Å². The van der Waals surface area contributed by atoms with Crippen LogP contribution in [0.25, 0.3) is 5.65 Å². The lowest BCUT2D eigenvalue weighted by Crippen LogP contribution is -2.15. The summed E-state index contributed by atoms with van der Waals surface area (Å²) >= 11 is 0. The molecule has 0 bridgehead atoms. The van der Waals surface area contributed by atoms with Gasteiger partial charge >= 0.3 is 0 Å². The van der Waals surface area contributed by atoms with Crippen molar-refractivity contribution in [1.29, 1.82) is 0 Å². The van der Waals surface area contributed by atoms with Crippen LogP contribution in [0.1, 0.15) is 63.6 Å². The van der Waals surface area contributed by atoms with Gasteiger partial charge in [-0.1, -0.05) is 26.2 Å². The molecule has 4 nitrogen and oxygen atoms in total. The molecule has 108 valence electrons. The highest BCUT2D eigenvalue weighted by molar-refractivity contribution is 5.47. The van der Waals surface area contributed by atoms with E-state index < -0.39 is 0 Å². The van der Waals surface area contributed by atoms with Crippen molar-refractivity contribution in [2.75, 3.05) is 5.73 Å². The van der Waals surface area contributed by atoms with Gasteiger partial charge in [-0.3, -0.25) is 4.40 Å². The van der Waals surface area contributed by atoms with E-state index in [1.165, 1.54) is 44.9 Å². The number of nitrogen functional groups attached to an aromatic ring is 1. The third kappa shape index (κ3) is 2.65. The Hall–Kier alpha value is -1.58. The van der Waals surface area contributed by atoms with Gasteiger partial charge < -0.3 is 5.73 Å². The van der Waals surface area contributed by atoms with Crippen LogP contribution in [-0.2, 0) is 0 Å². The fourth-order valence-electron chi connectivity index (χ4n) is 3.41. The van der Waals surface area contributed by atoms with Gasteiger partial charge in [0.15, 0.2) is 5.65 Å². The predicted molar refractivity (Wildman–Crippen MR) is 81.6 cm³/mol. The normalized spacial score (nSPS) is 23.2. The second kappa shape index (κ2) is 5.81. The van der Waals surface area contributed by atoms with Gasteiger partial charge in [0.05, 0.1) is 0 Å². The fraction of sp³-hybridized carbons (Fsp3) is 0.625. The van der Waals surface area contributed by atoms with Crippen molar-refractivity contribution in [2.45, 2.75) is 57.8 Å². The summed E-state index contributed by atoms with van der Waals surface area (Å²) in [5, 5.41) is 8.67. The second-order valence-corrected chi connectivity index (χ2v) is 6.11. The van der Waals surface area contributed by atoms with Gasteiger partial charge in [0.2, 0.25) is 0 Å². The maximum absolute atomic E-state index is 5.88. The van der Waals surface area contributed by atoms with Crippen LogP contribution in [0.3, 0.4) is 0 Å². The summed E-state index contributed by atoms with van der Waals surface area (Å²) in [4.78, 5) is 0. The number of aromatic nitrogens is 3. The minimum Gasteiger partial charge on any atom is -0.398 e. The highest BCUT2D eigenvalue weighted by Crippen LogP contribution is 2.37. The second-order valence-electron chi connectivity index (χ2n) is 6.11. The number of nitrogens with two attached hydrogens (primary N) is 1. The number of pyridine rings is 1. The molecule has 2 aromatic rings. The molecule has 2 heterocycles. The van der Waals surface area contributed by atoms with Gasteiger partial charge in [0.1, 0.15) is 5.82 Å². The number of fused-ring (bicyclic) bond motifs is 1. The van der Waals surface area contributed by atoms with Crippen LogP contribution in [-0.4, -0.2) is 14.6 Å². The average molecular weight is 272 g/mol. The van der Waals surface area contributed by atoms with Crippen molar-refractivity contribution in [2.24, 2.45) is 5.92 Å². The van der Waals surface area contributed by atoms with Crippen LogP contribution >= 0.6 is 0 Å². The molecule has 0 radical (unpaired) electrons. The monoisotopic (exact) mass is 272 g/mol. The van der Waals surface area contributed by atoms with E-state index >= 15 is 0 Å². The number of anilines is 1. The van der Waals surface area contributed by atoms with Crippen LogP contribution in [0.15, 0.2) is 18.3 Å². The molecule has 2 N–H and O–H groups in total. The van der Waals surface area contributed by atoms with E-state index in [2.05, 4.69) is 21.5 Å². The zero-order valence-corrected chi connectivity index (χ0v) is 12.3. The summed E-state index contributed by atoms with van der Waals surface area (Å²) in [6.45, 7) is 2.28. The van der Waals surface area contributed by atoms with E-state index in [0.29, 0.717) is 5.92 Å². The van der Waals surface area contributed by atoms with Crippen molar-refractivity contribution in [3.05, 3.63) is 24.2 Å². The summed E-state index contributed by atoms with van der Waals surface area (Å²) in [7, 11) is 0. The molecule has 0 saturated heterocycles. The molecule has 1 fully saturated rings. The first-order valence-electron chi connectivity index (χ1n) is 7.88. The first-order valence-corrected chi connectivity index (χ1v) is 7.88. The molecule has 0 amide bonds. The largest absolute Gasteiger partial charge is 0.398 e. The molecular formula is C16H24N4. The Kier molecular flexibility index (Phi) is 3.90. The number of nitrogens with zero attached hydrogens (tertiary/aromatic N) is 3. The molecule has 2 aromatic heterocycles. The van der Waals surface area contributed by atoms with Crippen LogP contribution in [0.5, 0.6) is 0 Å². The van der Waals surface area contributed by atoms with Crippen LogP contribution < -0.4 is 5.73 Å². The summed E-state index contributed by atoms with van der Waals surface area (Å²) in [6, 6.07) is 3.83. The van der Waals surface area contributed by atoms with Gasteiger partial charge in [0, 0.05) is 17.8 Å². The van der Waals surface area contributed by atoms with Gasteiger partial charge in [-0.2, -0.15) is 0 Å². The van der Waals surface area contributed by atoms with Gasteiger partial charge in [-0.05, 0) is 43.7 Å². The van der Waals surface area contributed by atoms with E-state index in [1.54, 1.807) is 0 Å². The Morgan fingerprint density at radius 1 is 1.20 bits per heavy atom. The smallest absolute Gasteiger partial charge is 0.160 e. The highest BCUT2D eigenvalue weighted by Gasteiger charge is 2.25. The summed E-state index contributed by atoms with van der Waals surface area (Å²) in [5.74, 6) is 2.57. The van der Waals surface area contributed by atoms with E-state index in [1.807, 2.05) is 18.3 Å². The number of rotatable bonds is 4. The third-order valence-electron chi connectivity index (χ3n) is 4.63. The van der Waals surface area contributed by atoms with Crippen molar-refractivity contribution in [1.82, 2.24) is 14.6 Å². The highest BCUT2D eigenvalue weighted by atomic mass is 15.2. The molecule has 3 rings (SSSR count). The van der Waals surface area contributed by atoms with Gasteiger partial charge in [-0.15, -0.1) is 10.2 Å². The lowest BCUT2D eigenvalue weighted by Gasteiger charge is -2.27. The molecule has 1 saturated carbocycles. The maximum atomic E-state index is 5.88. The lowest BCUT2D eigenvalue weighted by molar-refractivity contribution is 0.298. The first-order chi connectivity index (χ1) is 9.78. The topological polar surface area (TPSA) is 56.2 Å². The van der Waals surface area contributed by atoms with Crippen molar-refractivity contribution < 1.29 is 0 Å². The summed E-state index contributed by atoms with van der Waals surface area (Å²) in [6.07, 6.45) is 11.2. The molecular weight excluding hydrogens is 248 g/mol. The first kappa shape index (κ1) is 13.4. The Morgan fingerprint density at radius 2 is 2.00 bits per heavy atom. The fourth-order valence-corrected chi connectivity index (χ4v) is 3.41. The minimum absolute atomic E-state index is 0.546. The zero-order chi connectivity index (χ0) is 13.9. The molecule has 0 aromatic carbocycles. The number of hydrogen-bond acceptors (Lipinski definition) is 3. The molecule has 20 heavy (non-hydrogen) atoms. The van der Waals surface area contributed by atoms with Gasteiger partial charge in [0.25, 0.3) is 0 Å². The van der Waals surface area contributed by atoms with E-state index in [4.69, 9.17) is 5.73 Å². The molecule has 0 unspecified atom stereocenters. The number of unbranched alkanes of at least 4 members (excludes halogenated alkanes) is 1. The Bertz CT molecular complexity index is 567. The molecule has 0 atom stereocenters. The third-order valence-corrected chi connectivity index (χ3v) is 4.63. The SMILES string of the molecule is CCCCC1CCC(c2nnc3ccc(N)cn23)CC1. The van der Waals surface area contributed by atoms with E-state index in [-0.39, 0.29) is 0 Å². The summed E-state index contributed by atoms with van der Waals surface area (Å²) in [5.41, 5.74) is 7.56. The van der Waals surface area contributed by atoms with E-state index in [9.17, 15) is 0 Å². The molecule has 1 aliphatic rings. The molecule has 4 heteroatoms. The Balaban J connectivity index is 1.72. The zero-order valence-electron chi connectivity index (χ0n) is 12.3. The maximum Gasteiger partial charge on any atom is 0.160 e. The van der Waals surface area contributed by atoms with Crippen molar-refractivity contribution in [3.8, 4) is 0 Å². The average Bonchev–Trinajstić information content (AvgIpc) is 2.88. The lowest BCUT2D eigenvalue weighted by atomic mass is 9.79. The molecule has 0 aliphatic heterocycles. The Morgan fingerprint density at radius 3 is 2.75 bits per heavy atom. The van der Waals surface area contributed by atoms with E-state index in [0.717, 1.165) is 23.1 Å². The van der Waals surface area contributed by atoms with Crippen LogP contribution in [0, 0.1) is 5.92 Å². The standard InChI is InChI=1S/C16H24N4/c1-2-3-4-12-5-7-13(8-6-12)16-19-18-15-10-9-14(17)11-20(15)16/h9-13H,2-8,17H2,1H3. The quantitative estimate of drug-likeness (QED) is 0.921. The number of hydrogen-bond donors (Lipinski definition) is 1. The van der Waals surface area contributed by atoms with Crippen molar-refractivity contribution in [3.63, 3.8) is 0 Å². The van der Waals surface area contributed by atoms with Gasteiger partial charge in [-0.25, -0.2) is 0 Å². The molecule has 0 spiro atoms.